The molecule has 1 aromatic carbocycles. The van der Waals surface area contributed by atoms with Gasteiger partial charge in [0, 0.05) is 18.3 Å². The van der Waals surface area contributed by atoms with Crippen LogP contribution >= 0.6 is 0 Å². The van der Waals surface area contributed by atoms with Crippen LogP contribution in [-0.4, -0.2) is 31.9 Å². The Morgan fingerprint density at radius 3 is 2.15 bits per heavy atom. The second-order valence-electron chi connectivity index (χ2n) is 6.00. The predicted octanol–water partition coefficient (Wildman–Crippen LogP) is 2.69. The number of sulfone groups is 1. The van der Waals surface area contributed by atoms with E-state index in [1.54, 1.807) is 31.2 Å². The van der Waals surface area contributed by atoms with Crippen LogP contribution in [0.4, 0.5) is 5.69 Å². The van der Waals surface area contributed by atoms with Crippen LogP contribution in [0, 0.1) is 5.41 Å². The maximum absolute atomic E-state index is 11.7. The van der Waals surface area contributed by atoms with Crippen molar-refractivity contribution in [2.75, 3.05) is 17.7 Å². The fourth-order valence-electron chi connectivity index (χ4n) is 1.98. The number of aliphatic hydroxyl groups is 1. The van der Waals surface area contributed by atoms with Crippen molar-refractivity contribution in [1.82, 2.24) is 0 Å². The summed E-state index contributed by atoms with van der Waals surface area (Å²) in [6.07, 6.45) is 0.651. The summed E-state index contributed by atoms with van der Waals surface area (Å²) in [5.74, 6) is 0.106. The molecule has 0 amide bonds. The van der Waals surface area contributed by atoms with Gasteiger partial charge in [-0.1, -0.05) is 27.7 Å². The van der Waals surface area contributed by atoms with Crippen molar-refractivity contribution in [3.63, 3.8) is 0 Å². The summed E-state index contributed by atoms with van der Waals surface area (Å²) >= 11 is 0. The van der Waals surface area contributed by atoms with Gasteiger partial charge in [-0.2, -0.15) is 0 Å². The molecule has 0 radical (unpaired) electrons. The van der Waals surface area contributed by atoms with Crippen LogP contribution in [0.1, 0.15) is 34.1 Å². The second-order valence-corrected chi connectivity index (χ2v) is 8.28. The quantitative estimate of drug-likeness (QED) is 0.847. The topological polar surface area (TPSA) is 66.4 Å². The standard InChI is InChI=1S/C15H25NO3S/c1-5-20(18,19)13-8-6-12(7-9-13)16-14(10-11-17)15(2,3)4/h6-9,14,16-17H,5,10-11H2,1-4H3. The monoisotopic (exact) mass is 299 g/mol. The van der Waals surface area contributed by atoms with Gasteiger partial charge in [0.2, 0.25) is 0 Å². The molecule has 0 saturated carbocycles. The molecule has 0 heterocycles. The lowest BCUT2D eigenvalue weighted by Gasteiger charge is -2.32. The summed E-state index contributed by atoms with van der Waals surface area (Å²) in [4.78, 5) is 0.347. The molecule has 0 aliphatic carbocycles. The first-order valence-corrected chi connectivity index (χ1v) is 8.56. The Labute approximate surface area is 122 Å². The zero-order valence-corrected chi connectivity index (χ0v) is 13.5. The highest BCUT2D eigenvalue weighted by Crippen LogP contribution is 2.26. The van der Waals surface area contributed by atoms with Crippen LogP contribution in [-0.2, 0) is 9.84 Å². The Balaban J connectivity index is 2.89. The smallest absolute Gasteiger partial charge is 0.178 e. The molecule has 1 atom stereocenters. The molecule has 0 aromatic heterocycles. The summed E-state index contributed by atoms with van der Waals surface area (Å²) in [5.41, 5.74) is 0.880. The maximum Gasteiger partial charge on any atom is 0.178 e. The van der Waals surface area contributed by atoms with Crippen LogP contribution < -0.4 is 5.32 Å². The van der Waals surface area contributed by atoms with Gasteiger partial charge in [-0.3, -0.25) is 0 Å². The average Bonchev–Trinajstić information content (AvgIpc) is 2.38. The lowest BCUT2D eigenvalue weighted by Crippen LogP contribution is -2.34. The number of aliphatic hydroxyl groups excluding tert-OH is 1. The largest absolute Gasteiger partial charge is 0.396 e. The van der Waals surface area contributed by atoms with Crippen molar-refractivity contribution in [3.05, 3.63) is 24.3 Å². The second kappa shape index (κ2) is 6.59. The van der Waals surface area contributed by atoms with Gasteiger partial charge >= 0.3 is 0 Å². The Morgan fingerprint density at radius 1 is 1.20 bits per heavy atom. The summed E-state index contributed by atoms with van der Waals surface area (Å²) in [5, 5.41) is 12.5. The fraction of sp³-hybridized carbons (Fsp3) is 0.600. The molecule has 1 rings (SSSR count). The van der Waals surface area contributed by atoms with Crippen LogP contribution in [0.15, 0.2) is 29.2 Å². The van der Waals surface area contributed by atoms with E-state index in [1.165, 1.54) is 0 Å². The molecule has 0 aliphatic heterocycles. The summed E-state index contributed by atoms with van der Waals surface area (Å²) < 4.78 is 23.5. The van der Waals surface area contributed by atoms with E-state index in [0.29, 0.717) is 11.3 Å². The Bertz CT molecular complexity index is 515. The average molecular weight is 299 g/mol. The first kappa shape index (κ1) is 17.0. The first-order chi connectivity index (χ1) is 9.20. The van der Waals surface area contributed by atoms with E-state index in [1.807, 2.05) is 0 Å². The number of nitrogens with one attached hydrogen (secondary N) is 1. The van der Waals surface area contributed by atoms with Crippen LogP contribution in [0.5, 0.6) is 0 Å². The third-order valence-electron chi connectivity index (χ3n) is 3.40. The molecule has 0 fully saturated rings. The van der Waals surface area contributed by atoms with Crippen molar-refractivity contribution >= 4 is 15.5 Å². The minimum atomic E-state index is -3.15. The fourth-order valence-corrected chi connectivity index (χ4v) is 2.86. The van der Waals surface area contributed by atoms with E-state index in [0.717, 1.165) is 5.69 Å². The molecule has 4 nitrogen and oxygen atoms in total. The van der Waals surface area contributed by atoms with Gasteiger partial charge in [-0.15, -0.1) is 0 Å². The number of benzene rings is 1. The lowest BCUT2D eigenvalue weighted by molar-refractivity contribution is 0.235. The zero-order valence-electron chi connectivity index (χ0n) is 12.7. The molecule has 0 saturated heterocycles. The minimum Gasteiger partial charge on any atom is -0.396 e. The highest BCUT2D eigenvalue weighted by atomic mass is 32.2. The van der Waals surface area contributed by atoms with Crippen molar-refractivity contribution < 1.29 is 13.5 Å². The van der Waals surface area contributed by atoms with Crippen molar-refractivity contribution in [2.45, 2.75) is 45.1 Å². The Hall–Kier alpha value is -1.07. The first-order valence-electron chi connectivity index (χ1n) is 6.91. The molecule has 20 heavy (non-hydrogen) atoms. The van der Waals surface area contributed by atoms with Gasteiger partial charge in [0.05, 0.1) is 10.6 Å². The van der Waals surface area contributed by atoms with E-state index < -0.39 is 9.84 Å². The normalized spacial score (nSPS) is 14.1. The summed E-state index contributed by atoms with van der Waals surface area (Å²) in [6, 6.07) is 6.93. The van der Waals surface area contributed by atoms with E-state index >= 15 is 0 Å². The Kier molecular flexibility index (Phi) is 5.59. The van der Waals surface area contributed by atoms with E-state index in [4.69, 9.17) is 5.11 Å². The van der Waals surface area contributed by atoms with Gasteiger partial charge in [0.25, 0.3) is 0 Å². The van der Waals surface area contributed by atoms with Crippen LogP contribution in [0.25, 0.3) is 0 Å². The van der Waals surface area contributed by atoms with Crippen LogP contribution in [0.3, 0.4) is 0 Å². The van der Waals surface area contributed by atoms with Gasteiger partial charge in [-0.05, 0) is 36.1 Å². The molecule has 2 N–H and O–H groups in total. The van der Waals surface area contributed by atoms with Gasteiger partial charge in [-0.25, -0.2) is 8.42 Å². The molecule has 1 aromatic rings. The SMILES string of the molecule is CCS(=O)(=O)c1ccc(NC(CCO)C(C)(C)C)cc1. The Morgan fingerprint density at radius 2 is 1.75 bits per heavy atom. The van der Waals surface area contributed by atoms with E-state index in [-0.39, 0.29) is 23.8 Å². The summed E-state index contributed by atoms with van der Waals surface area (Å²) in [7, 11) is -3.15. The van der Waals surface area contributed by atoms with Crippen molar-refractivity contribution in [2.24, 2.45) is 5.41 Å². The van der Waals surface area contributed by atoms with E-state index in [9.17, 15) is 8.42 Å². The van der Waals surface area contributed by atoms with Gasteiger partial charge in [0.1, 0.15) is 0 Å². The van der Waals surface area contributed by atoms with Gasteiger partial charge in [0.15, 0.2) is 9.84 Å². The highest BCUT2D eigenvalue weighted by molar-refractivity contribution is 7.91. The van der Waals surface area contributed by atoms with Crippen LogP contribution in [0.2, 0.25) is 0 Å². The maximum atomic E-state index is 11.7. The molecule has 0 aliphatic rings. The molecule has 114 valence electrons. The lowest BCUT2D eigenvalue weighted by atomic mass is 9.85. The summed E-state index contributed by atoms with van der Waals surface area (Å²) in [6.45, 7) is 8.08. The molecule has 5 heteroatoms. The highest BCUT2D eigenvalue weighted by Gasteiger charge is 2.24. The third-order valence-corrected chi connectivity index (χ3v) is 5.15. The molecular weight excluding hydrogens is 274 g/mol. The number of anilines is 1. The van der Waals surface area contributed by atoms with Crippen molar-refractivity contribution in [3.8, 4) is 0 Å². The number of rotatable bonds is 6. The third kappa shape index (κ3) is 4.49. The number of hydrogen-bond acceptors (Lipinski definition) is 4. The zero-order chi connectivity index (χ0) is 15.4. The minimum absolute atomic E-state index is 0.0108. The van der Waals surface area contributed by atoms with Crippen molar-refractivity contribution in [1.29, 1.82) is 0 Å². The number of hydrogen-bond donors (Lipinski definition) is 2. The molecule has 1 unspecified atom stereocenters. The van der Waals surface area contributed by atoms with E-state index in [2.05, 4.69) is 26.1 Å². The molecule has 0 bridgehead atoms. The van der Waals surface area contributed by atoms with Gasteiger partial charge < -0.3 is 10.4 Å². The predicted molar refractivity (Wildman–Crippen MR) is 82.7 cm³/mol. The molecular formula is C15H25NO3S. The molecule has 0 spiro atoms.